The Labute approximate surface area is 123 Å². The molecule has 0 radical (unpaired) electrons. The number of halogens is 1. The lowest BCUT2D eigenvalue weighted by Crippen LogP contribution is -2.37. The third kappa shape index (κ3) is 2.89. The fourth-order valence-corrected chi connectivity index (χ4v) is 2.75. The van der Waals surface area contributed by atoms with Gasteiger partial charge in [0.25, 0.3) is 0 Å². The van der Waals surface area contributed by atoms with Gasteiger partial charge in [0.15, 0.2) is 0 Å². The fourth-order valence-electron chi connectivity index (χ4n) is 2.75. The Morgan fingerprint density at radius 3 is 2.86 bits per heavy atom. The van der Waals surface area contributed by atoms with Crippen LogP contribution in [0.2, 0.25) is 0 Å². The van der Waals surface area contributed by atoms with Crippen molar-refractivity contribution in [3.8, 4) is 0 Å². The quantitative estimate of drug-likeness (QED) is 0.861. The van der Waals surface area contributed by atoms with Crippen LogP contribution in [0.5, 0.6) is 0 Å². The summed E-state index contributed by atoms with van der Waals surface area (Å²) in [6.07, 6.45) is 1.04. The minimum Gasteiger partial charge on any atom is -0.398 e. The second kappa shape index (κ2) is 5.56. The Bertz CT molecular complexity index is 684. The van der Waals surface area contributed by atoms with Crippen molar-refractivity contribution < 1.29 is 9.18 Å². The second-order valence-electron chi connectivity index (χ2n) is 5.36. The molecule has 0 saturated carbocycles. The van der Waals surface area contributed by atoms with Crippen LogP contribution >= 0.6 is 0 Å². The van der Waals surface area contributed by atoms with Crippen molar-refractivity contribution in [2.45, 2.75) is 19.4 Å². The maximum atomic E-state index is 13.2. The van der Waals surface area contributed by atoms with Gasteiger partial charge in [-0.25, -0.2) is 4.39 Å². The summed E-state index contributed by atoms with van der Waals surface area (Å²) in [6, 6.07) is 12.0. The molecular weight excluding hydrogens is 267 g/mol. The van der Waals surface area contributed by atoms with Crippen LogP contribution in [0.15, 0.2) is 42.5 Å². The standard InChI is InChI=1S/C17H17FN2O/c18-14-5-1-3-12(9-14)10-17(21)20-8-7-13-4-2-6-16(19)15(13)11-20/h1-6,9H,7-8,10-11,19H2. The number of hydrogen-bond acceptors (Lipinski definition) is 2. The molecule has 1 aliphatic rings. The molecule has 1 amide bonds. The number of nitrogens with two attached hydrogens (primary N) is 1. The normalized spacial score (nSPS) is 13.9. The van der Waals surface area contributed by atoms with E-state index in [1.807, 2.05) is 12.1 Å². The number of hydrogen-bond donors (Lipinski definition) is 1. The highest BCUT2D eigenvalue weighted by Gasteiger charge is 2.22. The van der Waals surface area contributed by atoms with E-state index < -0.39 is 0 Å². The summed E-state index contributed by atoms with van der Waals surface area (Å²) < 4.78 is 13.2. The molecule has 0 aliphatic carbocycles. The van der Waals surface area contributed by atoms with Gasteiger partial charge in [-0.1, -0.05) is 24.3 Å². The Morgan fingerprint density at radius 1 is 1.24 bits per heavy atom. The lowest BCUT2D eigenvalue weighted by atomic mass is 9.97. The van der Waals surface area contributed by atoms with Crippen molar-refractivity contribution in [3.63, 3.8) is 0 Å². The maximum absolute atomic E-state index is 13.2. The number of nitrogen functional groups attached to an aromatic ring is 1. The molecule has 2 aromatic rings. The average Bonchev–Trinajstić information content (AvgIpc) is 2.47. The van der Waals surface area contributed by atoms with Crippen molar-refractivity contribution in [1.82, 2.24) is 4.90 Å². The largest absolute Gasteiger partial charge is 0.398 e. The van der Waals surface area contributed by atoms with E-state index in [4.69, 9.17) is 5.73 Å². The molecule has 2 aromatic carbocycles. The number of carbonyl (C=O) groups is 1. The van der Waals surface area contributed by atoms with Crippen LogP contribution in [-0.4, -0.2) is 17.4 Å². The van der Waals surface area contributed by atoms with Crippen LogP contribution in [-0.2, 0) is 24.2 Å². The molecule has 0 bridgehead atoms. The Kier molecular flexibility index (Phi) is 3.60. The Balaban J connectivity index is 1.74. The summed E-state index contributed by atoms with van der Waals surface area (Å²) in [5, 5.41) is 0. The molecule has 21 heavy (non-hydrogen) atoms. The minimum atomic E-state index is -0.312. The molecule has 108 valence electrons. The third-order valence-corrected chi connectivity index (χ3v) is 3.91. The first kappa shape index (κ1) is 13.6. The highest BCUT2D eigenvalue weighted by Crippen LogP contribution is 2.24. The van der Waals surface area contributed by atoms with Crippen LogP contribution < -0.4 is 5.73 Å². The van der Waals surface area contributed by atoms with E-state index in [2.05, 4.69) is 6.07 Å². The first-order valence-corrected chi connectivity index (χ1v) is 7.02. The highest BCUT2D eigenvalue weighted by molar-refractivity contribution is 5.79. The van der Waals surface area contributed by atoms with Gasteiger partial charge >= 0.3 is 0 Å². The zero-order chi connectivity index (χ0) is 14.8. The number of rotatable bonds is 2. The summed E-state index contributed by atoms with van der Waals surface area (Å²) in [5.74, 6) is -0.303. The van der Waals surface area contributed by atoms with Crippen molar-refractivity contribution >= 4 is 11.6 Å². The summed E-state index contributed by atoms with van der Waals surface area (Å²) in [6.45, 7) is 1.22. The van der Waals surface area contributed by atoms with E-state index in [0.29, 0.717) is 18.7 Å². The smallest absolute Gasteiger partial charge is 0.227 e. The number of benzene rings is 2. The van der Waals surface area contributed by atoms with E-state index in [0.717, 1.165) is 17.7 Å². The van der Waals surface area contributed by atoms with E-state index in [1.54, 1.807) is 17.0 Å². The highest BCUT2D eigenvalue weighted by atomic mass is 19.1. The lowest BCUT2D eigenvalue weighted by molar-refractivity contribution is -0.131. The lowest BCUT2D eigenvalue weighted by Gasteiger charge is -2.29. The minimum absolute atomic E-state index is 0.00880. The van der Waals surface area contributed by atoms with Crippen LogP contribution in [0, 0.1) is 5.82 Å². The van der Waals surface area contributed by atoms with E-state index >= 15 is 0 Å². The molecule has 0 saturated heterocycles. The third-order valence-electron chi connectivity index (χ3n) is 3.91. The first-order valence-electron chi connectivity index (χ1n) is 7.02. The second-order valence-corrected chi connectivity index (χ2v) is 5.36. The molecule has 2 N–H and O–H groups in total. The van der Waals surface area contributed by atoms with Gasteiger partial charge in [-0.05, 0) is 41.3 Å². The van der Waals surface area contributed by atoms with Crippen LogP contribution in [0.1, 0.15) is 16.7 Å². The van der Waals surface area contributed by atoms with E-state index in [9.17, 15) is 9.18 Å². The number of carbonyl (C=O) groups excluding carboxylic acids is 1. The average molecular weight is 284 g/mol. The van der Waals surface area contributed by atoms with Gasteiger partial charge in [0, 0.05) is 18.8 Å². The predicted octanol–water partition coefficient (Wildman–Crippen LogP) is 2.54. The van der Waals surface area contributed by atoms with Crippen molar-refractivity contribution in [2.75, 3.05) is 12.3 Å². The number of nitrogens with zero attached hydrogens (tertiary/aromatic N) is 1. The van der Waals surface area contributed by atoms with Gasteiger partial charge < -0.3 is 10.6 Å². The Morgan fingerprint density at radius 2 is 2.05 bits per heavy atom. The van der Waals surface area contributed by atoms with E-state index in [-0.39, 0.29) is 18.1 Å². The van der Waals surface area contributed by atoms with E-state index in [1.165, 1.54) is 17.7 Å². The van der Waals surface area contributed by atoms with Gasteiger partial charge in [0.2, 0.25) is 5.91 Å². The monoisotopic (exact) mass is 284 g/mol. The molecule has 1 aliphatic heterocycles. The summed E-state index contributed by atoms with van der Waals surface area (Å²) in [7, 11) is 0. The predicted molar refractivity (Wildman–Crippen MR) is 80.1 cm³/mol. The number of fused-ring (bicyclic) bond motifs is 1. The molecule has 0 atom stereocenters. The molecule has 3 nitrogen and oxygen atoms in total. The van der Waals surface area contributed by atoms with Crippen molar-refractivity contribution in [1.29, 1.82) is 0 Å². The van der Waals surface area contributed by atoms with Crippen LogP contribution in [0.4, 0.5) is 10.1 Å². The SMILES string of the molecule is Nc1cccc2c1CN(C(=O)Cc1cccc(F)c1)CC2. The molecule has 0 unspecified atom stereocenters. The van der Waals surface area contributed by atoms with Gasteiger partial charge in [0.05, 0.1) is 6.42 Å². The van der Waals surface area contributed by atoms with Gasteiger partial charge in [-0.3, -0.25) is 4.79 Å². The molecular formula is C17H17FN2O. The van der Waals surface area contributed by atoms with Crippen molar-refractivity contribution in [3.05, 3.63) is 65.0 Å². The summed E-state index contributed by atoms with van der Waals surface area (Å²) in [5.41, 5.74) is 9.67. The fraction of sp³-hybridized carbons (Fsp3) is 0.235. The van der Waals surface area contributed by atoms with Gasteiger partial charge in [-0.15, -0.1) is 0 Å². The van der Waals surface area contributed by atoms with Gasteiger partial charge in [-0.2, -0.15) is 0 Å². The zero-order valence-corrected chi connectivity index (χ0v) is 11.7. The molecule has 0 fully saturated rings. The molecule has 0 spiro atoms. The molecule has 0 aromatic heterocycles. The summed E-state index contributed by atoms with van der Waals surface area (Å²) in [4.78, 5) is 14.2. The van der Waals surface area contributed by atoms with Gasteiger partial charge in [0.1, 0.15) is 5.82 Å². The maximum Gasteiger partial charge on any atom is 0.227 e. The number of anilines is 1. The summed E-state index contributed by atoms with van der Waals surface area (Å²) >= 11 is 0. The molecule has 4 heteroatoms. The van der Waals surface area contributed by atoms with Crippen LogP contribution in [0.25, 0.3) is 0 Å². The Hall–Kier alpha value is -2.36. The molecule has 1 heterocycles. The van der Waals surface area contributed by atoms with Crippen LogP contribution in [0.3, 0.4) is 0 Å². The number of amides is 1. The zero-order valence-electron chi connectivity index (χ0n) is 11.7. The van der Waals surface area contributed by atoms with Crippen molar-refractivity contribution in [2.24, 2.45) is 0 Å². The topological polar surface area (TPSA) is 46.3 Å². The molecule has 3 rings (SSSR count). The first-order chi connectivity index (χ1) is 10.1.